The van der Waals surface area contributed by atoms with Crippen LogP contribution in [0, 0.1) is 5.92 Å². The Morgan fingerprint density at radius 3 is 2.92 bits per heavy atom. The molecule has 0 aromatic carbocycles. The molecule has 1 amide bonds. The van der Waals surface area contributed by atoms with E-state index in [0.29, 0.717) is 36.5 Å². The van der Waals surface area contributed by atoms with Crippen LogP contribution in [0.1, 0.15) is 50.8 Å². The van der Waals surface area contributed by atoms with Gasteiger partial charge >= 0.3 is 0 Å². The minimum Gasteiger partial charge on any atom is -0.339 e. The summed E-state index contributed by atoms with van der Waals surface area (Å²) in [5, 5.41) is 3.99. The van der Waals surface area contributed by atoms with Crippen LogP contribution in [-0.2, 0) is 11.2 Å². The van der Waals surface area contributed by atoms with E-state index in [4.69, 9.17) is 4.52 Å². The van der Waals surface area contributed by atoms with E-state index in [9.17, 15) is 4.79 Å². The number of pyridine rings is 1. The third-order valence-corrected chi connectivity index (χ3v) is 5.50. The van der Waals surface area contributed by atoms with Crippen LogP contribution in [-0.4, -0.2) is 38.5 Å². The SMILES string of the molecule is O=C(CCc1nc(-c2cccnc2)no1)N1CCCC1C1CCCC1. The molecule has 0 bridgehead atoms. The molecule has 25 heavy (non-hydrogen) atoms. The average Bonchev–Trinajstić information content (AvgIpc) is 3.41. The van der Waals surface area contributed by atoms with Crippen LogP contribution in [0.25, 0.3) is 11.4 Å². The lowest BCUT2D eigenvalue weighted by Gasteiger charge is -2.29. The Morgan fingerprint density at radius 2 is 2.12 bits per heavy atom. The van der Waals surface area contributed by atoms with Gasteiger partial charge in [0.2, 0.25) is 17.6 Å². The van der Waals surface area contributed by atoms with Gasteiger partial charge in [0.25, 0.3) is 0 Å². The molecule has 2 aromatic rings. The Kier molecular flexibility index (Phi) is 4.76. The zero-order valence-electron chi connectivity index (χ0n) is 14.4. The highest BCUT2D eigenvalue weighted by molar-refractivity contribution is 5.77. The molecule has 2 aliphatic rings. The predicted molar refractivity (Wildman–Crippen MR) is 92.5 cm³/mol. The highest BCUT2D eigenvalue weighted by Crippen LogP contribution is 2.35. The van der Waals surface area contributed by atoms with E-state index in [1.54, 1.807) is 12.4 Å². The summed E-state index contributed by atoms with van der Waals surface area (Å²) in [5.74, 6) is 1.99. The Labute approximate surface area is 147 Å². The highest BCUT2D eigenvalue weighted by atomic mass is 16.5. The summed E-state index contributed by atoms with van der Waals surface area (Å²) in [5.41, 5.74) is 0.824. The van der Waals surface area contributed by atoms with Crippen molar-refractivity contribution in [1.29, 1.82) is 0 Å². The van der Waals surface area contributed by atoms with Crippen LogP contribution in [0.2, 0.25) is 0 Å². The molecule has 2 aromatic heterocycles. The van der Waals surface area contributed by atoms with Crippen LogP contribution in [0.5, 0.6) is 0 Å². The number of aromatic nitrogens is 3. The first kappa shape index (κ1) is 16.2. The third-order valence-electron chi connectivity index (χ3n) is 5.50. The topological polar surface area (TPSA) is 72.1 Å². The number of rotatable bonds is 5. The minimum atomic E-state index is 0.232. The van der Waals surface area contributed by atoms with Gasteiger partial charge in [0.1, 0.15) is 0 Å². The molecule has 1 saturated carbocycles. The lowest BCUT2D eigenvalue weighted by molar-refractivity contribution is -0.133. The Morgan fingerprint density at radius 1 is 1.24 bits per heavy atom. The van der Waals surface area contributed by atoms with E-state index in [1.165, 1.54) is 32.1 Å². The van der Waals surface area contributed by atoms with E-state index in [-0.39, 0.29) is 5.91 Å². The van der Waals surface area contributed by atoms with Gasteiger partial charge in [0.05, 0.1) is 0 Å². The highest BCUT2D eigenvalue weighted by Gasteiger charge is 2.35. The fourth-order valence-electron chi connectivity index (χ4n) is 4.26. The maximum absolute atomic E-state index is 12.7. The molecule has 132 valence electrons. The Hall–Kier alpha value is -2.24. The Balaban J connectivity index is 1.35. The van der Waals surface area contributed by atoms with Crippen molar-refractivity contribution in [2.24, 2.45) is 5.92 Å². The van der Waals surface area contributed by atoms with Crippen molar-refractivity contribution in [1.82, 2.24) is 20.0 Å². The molecule has 4 rings (SSSR count). The smallest absolute Gasteiger partial charge is 0.227 e. The molecule has 6 nitrogen and oxygen atoms in total. The second-order valence-electron chi connectivity index (χ2n) is 7.09. The van der Waals surface area contributed by atoms with Crippen molar-refractivity contribution >= 4 is 5.91 Å². The van der Waals surface area contributed by atoms with Crippen molar-refractivity contribution in [2.75, 3.05) is 6.54 Å². The number of carbonyl (C=O) groups is 1. The van der Waals surface area contributed by atoms with Crippen molar-refractivity contribution in [3.63, 3.8) is 0 Å². The van der Waals surface area contributed by atoms with E-state index in [2.05, 4.69) is 20.0 Å². The van der Waals surface area contributed by atoms with Gasteiger partial charge in [-0.25, -0.2) is 0 Å². The summed E-state index contributed by atoms with van der Waals surface area (Å²) < 4.78 is 5.30. The summed E-state index contributed by atoms with van der Waals surface area (Å²) in [6.45, 7) is 0.908. The Bertz CT molecular complexity index is 709. The lowest BCUT2D eigenvalue weighted by atomic mass is 9.96. The van der Waals surface area contributed by atoms with Gasteiger partial charge in [-0.05, 0) is 43.7 Å². The van der Waals surface area contributed by atoms with E-state index >= 15 is 0 Å². The average molecular weight is 340 g/mol. The molecule has 3 heterocycles. The molecule has 1 aliphatic heterocycles. The van der Waals surface area contributed by atoms with Gasteiger partial charge in [0.15, 0.2) is 0 Å². The van der Waals surface area contributed by atoms with Crippen LogP contribution in [0.4, 0.5) is 0 Å². The summed E-state index contributed by atoms with van der Waals surface area (Å²) in [6.07, 6.45) is 11.9. The normalized spacial score (nSPS) is 21.1. The summed E-state index contributed by atoms with van der Waals surface area (Å²) in [4.78, 5) is 23.3. The van der Waals surface area contributed by atoms with Gasteiger partial charge in [-0.15, -0.1) is 0 Å². The van der Waals surface area contributed by atoms with Crippen LogP contribution in [0.15, 0.2) is 29.0 Å². The second-order valence-corrected chi connectivity index (χ2v) is 7.09. The van der Waals surface area contributed by atoms with Gasteiger partial charge in [-0.1, -0.05) is 18.0 Å². The molecule has 1 saturated heterocycles. The van der Waals surface area contributed by atoms with E-state index < -0.39 is 0 Å². The third kappa shape index (κ3) is 3.57. The molecule has 0 N–H and O–H groups in total. The molecule has 6 heteroatoms. The van der Waals surface area contributed by atoms with Crippen LogP contribution in [0.3, 0.4) is 0 Å². The van der Waals surface area contributed by atoms with Gasteiger partial charge in [0, 0.05) is 43.4 Å². The van der Waals surface area contributed by atoms with Gasteiger partial charge in [-0.2, -0.15) is 4.98 Å². The lowest BCUT2D eigenvalue weighted by Crippen LogP contribution is -2.39. The number of likely N-dealkylation sites (tertiary alicyclic amines) is 1. The second kappa shape index (κ2) is 7.33. The van der Waals surface area contributed by atoms with Gasteiger partial charge in [-0.3, -0.25) is 9.78 Å². The summed E-state index contributed by atoms with van der Waals surface area (Å²) in [6, 6.07) is 4.19. The monoisotopic (exact) mass is 340 g/mol. The first-order valence-electron chi connectivity index (χ1n) is 9.34. The van der Waals surface area contributed by atoms with E-state index in [1.807, 2.05) is 12.1 Å². The number of hydrogen-bond donors (Lipinski definition) is 0. The van der Waals surface area contributed by atoms with Crippen molar-refractivity contribution in [3.05, 3.63) is 30.4 Å². The molecular weight excluding hydrogens is 316 g/mol. The molecule has 1 aliphatic carbocycles. The predicted octanol–water partition coefficient (Wildman–Crippen LogP) is 3.25. The quantitative estimate of drug-likeness (QED) is 0.835. The molecule has 2 fully saturated rings. The van der Waals surface area contributed by atoms with Crippen molar-refractivity contribution in [2.45, 2.75) is 57.4 Å². The zero-order valence-corrected chi connectivity index (χ0v) is 14.4. The molecule has 0 spiro atoms. The largest absolute Gasteiger partial charge is 0.339 e. The fourth-order valence-corrected chi connectivity index (χ4v) is 4.26. The molecule has 0 radical (unpaired) electrons. The van der Waals surface area contributed by atoms with Crippen LogP contribution >= 0.6 is 0 Å². The number of carbonyl (C=O) groups excluding carboxylic acids is 1. The summed E-state index contributed by atoms with van der Waals surface area (Å²) in [7, 11) is 0. The maximum atomic E-state index is 12.7. The molecule has 1 unspecified atom stereocenters. The van der Waals surface area contributed by atoms with Crippen molar-refractivity contribution in [3.8, 4) is 11.4 Å². The number of aryl methyl sites for hydroxylation is 1. The molecule has 1 atom stereocenters. The van der Waals surface area contributed by atoms with Crippen molar-refractivity contribution < 1.29 is 9.32 Å². The maximum Gasteiger partial charge on any atom is 0.227 e. The number of amides is 1. The minimum absolute atomic E-state index is 0.232. The molecular formula is C19H24N4O2. The number of hydrogen-bond acceptors (Lipinski definition) is 5. The number of nitrogens with zero attached hydrogens (tertiary/aromatic N) is 4. The van der Waals surface area contributed by atoms with Crippen LogP contribution < -0.4 is 0 Å². The standard InChI is InChI=1S/C19H24N4O2/c24-18(23-12-4-8-16(23)14-5-1-2-6-14)10-9-17-21-19(22-25-17)15-7-3-11-20-13-15/h3,7,11,13-14,16H,1-2,4-6,8-10,12H2. The zero-order chi connectivity index (χ0) is 17.1. The summed E-state index contributed by atoms with van der Waals surface area (Å²) >= 11 is 0. The fraction of sp³-hybridized carbons (Fsp3) is 0.579. The van der Waals surface area contributed by atoms with Gasteiger partial charge < -0.3 is 9.42 Å². The van der Waals surface area contributed by atoms with E-state index in [0.717, 1.165) is 18.5 Å². The first-order chi connectivity index (χ1) is 12.3. The first-order valence-corrected chi connectivity index (χ1v) is 9.34.